The van der Waals surface area contributed by atoms with Crippen LogP contribution in [-0.4, -0.2) is 4.57 Å². The first-order valence-electron chi connectivity index (χ1n) is 22.8. The summed E-state index contributed by atoms with van der Waals surface area (Å²) in [6.07, 6.45) is 0. The molecule has 0 saturated carbocycles. The van der Waals surface area contributed by atoms with Crippen molar-refractivity contribution < 1.29 is 0 Å². The molecular weight excluding hydrogens is 785 g/mol. The van der Waals surface area contributed by atoms with E-state index in [9.17, 15) is 0 Å². The fourth-order valence-electron chi connectivity index (χ4n) is 11.0. The smallest absolute Gasteiger partial charge is 0.0714 e. The van der Waals surface area contributed by atoms with Crippen LogP contribution in [0.5, 0.6) is 0 Å². The van der Waals surface area contributed by atoms with E-state index in [0.717, 1.165) is 17.1 Å². The second kappa shape index (κ2) is 15.1. The number of para-hydroxylation sites is 1. The Hall–Kier alpha value is -7.94. The summed E-state index contributed by atoms with van der Waals surface area (Å²) in [6, 6.07) is 87.7. The van der Waals surface area contributed by atoms with Crippen molar-refractivity contribution in [2.45, 2.75) is 31.7 Å². The normalized spacial score (nSPS) is 13.0. The lowest BCUT2D eigenvalue weighted by Crippen LogP contribution is -2.28. The molecule has 0 amide bonds. The van der Waals surface area contributed by atoms with Crippen molar-refractivity contribution in [3.63, 3.8) is 0 Å². The van der Waals surface area contributed by atoms with Crippen LogP contribution >= 0.6 is 0 Å². The van der Waals surface area contributed by atoms with Gasteiger partial charge in [0.2, 0.25) is 0 Å². The van der Waals surface area contributed by atoms with E-state index in [1.165, 1.54) is 88.2 Å². The molecule has 0 fully saturated rings. The standard InChI is InChI=1S/C63H48N2/c1-62(2,3)65-58-30-18-16-28-54(58)55-38-33-46(41-60(55)65)43-31-35-49(36-32-43)64(59-40-34-44-19-13-14-26-51(44)61(59)45-20-7-4-8-21-45)50-37-39-53-52-27-15-17-29-56(52)63(57(53)42-50,47-22-9-5-10-23-47)48-24-11-6-12-25-48/h4-42H,1-3H3. The summed E-state index contributed by atoms with van der Waals surface area (Å²) < 4.78 is 2.50. The maximum absolute atomic E-state index is 2.50. The monoisotopic (exact) mass is 832 g/mol. The van der Waals surface area contributed by atoms with Crippen molar-refractivity contribution in [1.82, 2.24) is 4.57 Å². The Morgan fingerprint density at radius 3 is 1.68 bits per heavy atom. The highest BCUT2D eigenvalue weighted by Crippen LogP contribution is 2.57. The molecule has 0 N–H and O–H groups in total. The first-order valence-corrected chi connectivity index (χ1v) is 22.8. The van der Waals surface area contributed by atoms with E-state index in [-0.39, 0.29) is 5.54 Å². The second-order valence-electron chi connectivity index (χ2n) is 18.4. The van der Waals surface area contributed by atoms with Crippen LogP contribution in [0.2, 0.25) is 0 Å². The minimum absolute atomic E-state index is 0.0868. The van der Waals surface area contributed by atoms with Crippen LogP contribution in [-0.2, 0) is 11.0 Å². The maximum Gasteiger partial charge on any atom is 0.0714 e. The van der Waals surface area contributed by atoms with Gasteiger partial charge in [-0.25, -0.2) is 0 Å². The van der Waals surface area contributed by atoms with Crippen LogP contribution in [0.3, 0.4) is 0 Å². The number of hydrogen-bond acceptors (Lipinski definition) is 1. The highest BCUT2D eigenvalue weighted by molar-refractivity contribution is 6.09. The van der Waals surface area contributed by atoms with Crippen molar-refractivity contribution in [3.8, 4) is 33.4 Å². The van der Waals surface area contributed by atoms with E-state index < -0.39 is 5.41 Å². The molecule has 0 bridgehead atoms. The van der Waals surface area contributed by atoms with E-state index in [0.29, 0.717) is 0 Å². The molecule has 2 heteroatoms. The summed E-state index contributed by atoms with van der Waals surface area (Å²) in [4.78, 5) is 2.49. The Morgan fingerprint density at radius 1 is 0.385 bits per heavy atom. The van der Waals surface area contributed by atoms with Crippen LogP contribution in [0.25, 0.3) is 66.0 Å². The van der Waals surface area contributed by atoms with Crippen molar-refractivity contribution >= 4 is 49.6 Å². The molecule has 0 aliphatic heterocycles. The van der Waals surface area contributed by atoms with Crippen molar-refractivity contribution in [1.29, 1.82) is 0 Å². The lowest BCUT2D eigenvalue weighted by molar-refractivity contribution is 0.423. The Bertz CT molecular complexity index is 3520. The molecule has 0 spiro atoms. The lowest BCUT2D eigenvalue weighted by atomic mass is 9.67. The zero-order chi connectivity index (χ0) is 43.7. The molecule has 310 valence electrons. The van der Waals surface area contributed by atoms with Gasteiger partial charge in [0.25, 0.3) is 0 Å². The summed E-state index contributed by atoms with van der Waals surface area (Å²) in [5.41, 5.74) is 17.6. The molecule has 1 aliphatic rings. The third-order valence-corrected chi connectivity index (χ3v) is 13.7. The van der Waals surface area contributed by atoms with Gasteiger partial charge in [0.05, 0.1) is 16.6 Å². The average molecular weight is 833 g/mol. The van der Waals surface area contributed by atoms with Crippen molar-refractivity contribution in [3.05, 3.63) is 259 Å². The molecule has 65 heavy (non-hydrogen) atoms. The van der Waals surface area contributed by atoms with Gasteiger partial charge in [-0.15, -0.1) is 0 Å². The topological polar surface area (TPSA) is 8.17 Å². The quantitative estimate of drug-likeness (QED) is 0.155. The van der Waals surface area contributed by atoms with Gasteiger partial charge in [-0.3, -0.25) is 0 Å². The second-order valence-corrected chi connectivity index (χ2v) is 18.4. The van der Waals surface area contributed by atoms with Gasteiger partial charge in [-0.2, -0.15) is 0 Å². The van der Waals surface area contributed by atoms with Crippen molar-refractivity contribution in [2.75, 3.05) is 4.90 Å². The molecular formula is C63H48N2. The highest BCUT2D eigenvalue weighted by atomic mass is 15.1. The highest BCUT2D eigenvalue weighted by Gasteiger charge is 2.46. The molecule has 1 aromatic heterocycles. The van der Waals surface area contributed by atoms with E-state index in [1.54, 1.807) is 0 Å². The van der Waals surface area contributed by atoms with Gasteiger partial charge in [0.15, 0.2) is 0 Å². The predicted molar refractivity (Wildman–Crippen MR) is 275 cm³/mol. The molecule has 0 radical (unpaired) electrons. The van der Waals surface area contributed by atoms with Gasteiger partial charge in [0.1, 0.15) is 0 Å². The fourth-order valence-corrected chi connectivity index (χ4v) is 11.0. The number of rotatable bonds is 7. The largest absolute Gasteiger partial charge is 0.335 e. The summed E-state index contributed by atoms with van der Waals surface area (Å²) >= 11 is 0. The fraction of sp³-hybridized carbons (Fsp3) is 0.0794. The summed E-state index contributed by atoms with van der Waals surface area (Å²) in [5.74, 6) is 0. The predicted octanol–water partition coefficient (Wildman–Crippen LogP) is 16.9. The van der Waals surface area contributed by atoms with E-state index in [2.05, 4.69) is 267 Å². The van der Waals surface area contributed by atoms with Crippen LogP contribution in [0.4, 0.5) is 17.1 Å². The van der Waals surface area contributed by atoms with Crippen LogP contribution in [0, 0.1) is 0 Å². The number of benzene rings is 10. The molecule has 11 aromatic rings. The number of aromatic nitrogens is 1. The van der Waals surface area contributed by atoms with Crippen molar-refractivity contribution in [2.24, 2.45) is 0 Å². The molecule has 0 unspecified atom stereocenters. The molecule has 1 heterocycles. The zero-order valence-electron chi connectivity index (χ0n) is 36.9. The van der Waals surface area contributed by atoms with Gasteiger partial charge in [-0.05, 0) is 124 Å². The molecule has 1 aliphatic carbocycles. The maximum atomic E-state index is 2.50. The first kappa shape index (κ1) is 38.7. The van der Waals surface area contributed by atoms with Crippen LogP contribution < -0.4 is 4.90 Å². The minimum atomic E-state index is -0.528. The minimum Gasteiger partial charge on any atom is -0.335 e. The lowest BCUT2D eigenvalue weighted by Gasteiger charge is -2.35. The Balaban J connectivity index is 1.09. The van der Waals surface area contributed by atoms with Gasteiger partial charge < -0.3 is 9.47 Å². The SMILES string of the molecule is CC(C)(C)n1c2ccccc2c2ccc(-c3ccc(N(c4ccc5c(c4)C(c4ccccc4)(c4ccccc4)c4ccccc4-5)c4ccc5ccccc5c4-c4ccccc4)cc3)cc21. The molecule has 0 atom stereocenters. The number of fused-ring (bicyclic) bond motifs is 7. The average Bonchev–Trinajstić information content (AvgIpc) is 3.86. The number of anilines is 3. The van der Waals surface area contributed by atoms with Crippen LogP contribution in [0.15, 0.2) is 237 Å². The van der Waals surface area contributed by atoms with E-state index in [1.807, 2.05) is 0 Å². The van der Waals surface area contributed by atoms with E-state index in [4.69, 9.17) is 0 Å². The number of hydrogen-bond donors (Lipinski definition) is 0. The molecule has 0 saturated heterocycles. The molecule has 12 rings (SSSR count). The van der Waals surface area contributed by atoms with Gasteiger partial charge in [-0.1, -0.05) is 194 Å². The Labute approximate surface area is 381 Å². The number of nitrogens with zero attached hydrogens (tertiary/aromatic N) is 2. The summed E-state index contributed by atoms with van der Waals surface area (Å²) in [7, 11) is 0. The molecule has 2 nitrogen and oxygen atoms in total. The van der Waals surface area contributed by atoms with Crippen LogP contribution in [0.1, 0.15) is 43.0 Å². The first-order chi connectivity index (χ1) is 31.9. The van der Waals surface area contributed by atoms with E-state index >= 15 is 0 Å². The molecule has 10 aromatic carbocycles. The Kier molecular flexibility index (Phi) is 9.00. The summed E-state index contributed by atoms with van der Waals surface area (Å²) in [6.45, 7) is 6.90. The Morgan fingerprint density at radius 2 is 0.954 bits per heavy atom. The third-order valence-electron chi connectivity index (χ3n) is 13.7. The van der Waals surface area contributed by atoms with Gasteiger partial charge >= 0.3 is 0 Å². The zero-order valence-corrected chi connectivity index (χ0v) is 36.9. The third kappa shape index (κ3) is 6.09. The summed E-state index contributed by atoms with van der Waals surface area (Å²) in [5, 5.41) is 5.01. The van der Waals surface area contributed by atoms with Gasteiger partial charge in [0, 0.05) is 38.8 Å².